The van der Waals surface area contributed by atoms with Crippen molar-refractivity contribution in [3.63, 3.8) is 0 Å². The van der Waals surface area contributed by atoms with Gasteiger partial charge in [0.2, 0.25) is 0 Å². The summed E-state index contributed by atoms with van der Waals surface area (Å²) >= 11 is 5.58. The van der Waals surface area contributed by atoms with Gasteiger partial charge in [-0.1, -0.05) is 20.3 Å². The number of imidazole rings is 1. The van der Waals surface area contributed by atoms with Crippen molar-refractivity contribution in [3.05, 3.63) is 16.9 Å². The summed E-state index contributed by atoms with van der Waals surface area (Å²) in [5.41, 5.74) is 2.36. The zero-order valence-electron chi connectivity index (χ0n) is 13.0. The smallest absolute Gasteiger partial charge is 0.178 e. The Morgan fingerprint density at radius 2 is 1.90 bits per heavy atom. The van der Waals surface area contributed by atoms with Gasteiger partial charge < -0.3 is 19.0 Å². The molecule has 1 heterocycles. The number of aromatic nitrogens is 2. The Morgan fingerprint density at radius 3 is 2.48 bits per heavy atom. The number of H-pyrrole nitrogens is 1. The van der Waals surface area contributed by atoms with Gasteiger partial charge >= 0.3 is 0 Å². The van der Waals surface area contributed by atoms with Crippen molar-refractivity contribution in [3.8, 4) is 11.5 Å². The molecule has 114 valence electrons. The number of hydrogen-bond acceptors (Lipinski definition) is 3. The topological polar surface area (TPSA) is 39.2 Å². The van der Waals surface area contributed by atoms with E-state index in [9.17, 15) is 0 Å². The first-order valence-corrected chi connectivity index (χ1v) is 7.75. The van der Waals surface area contributed by atoms with Crippen LogP contribution in [0.15, 0.2) is 12.1 Å². The first kappa shape index (κ1) is 14.4. The lowest BCUT2D eigenvalue weighted by molar-refractivity contribution is 0.263. The van der Waals surface area contributed by atoms with Crippen molar-refractivity contribution in [1.29, 1.82) is 0 Å². The van der Waals surface area contributed by atoms with E-state index in [-0.39, 0.29) is 5.41 Å². The van der Waals surface area contributed by atoms with E-state index in [1.54, 1.807) is 14.2 Å². The quantitative estimate of drug-likeness (QED) is 0.851. The van der Waals surface area contributed by atoms with Crippen molar-refractivity contribution in [2.45, 2.75) is 39.2 Å². The number of methoxy groups -OCH3 is 2. The zero-order chi connectivity index (χ0) is 15.2. The van der Waals surface area contributed by atoms with Gasteiger partial charge in [0, 0.05) is 18.2 Å². The average Bonchev–Trinajstić information content (AvgIpc) is 2.94. The van der Waals surface area contributed by atoms with Crippen LogP contribution in [-0.4, -0.2) is 23.8 Å². The molecule has 4 nitrogen and oxygen atoms in total. The third kappa shape index (κ3) is 2.24. The molecule has 21 heavy (non-hydrogen) atoms. The van der Waals surface area contributed by atoms with E-state index >= 15 is 0 Å². The molecule has 1 aromatic carbocycles. The largest absolute Gasteiger partial charge is 0.493 e. The Labute approximate surface area is 130 Å². The van der Waals surface area contributed by atoms with E-state index in [1.165, 1.54) is 19.3 Å². The van der Waals surface area contributed by atoms with E-state index in [0.717, 1.165) is 27.3 Å². The molecule has 0 saturated heterocycles. The maximum atomic E-state index is 5.58. The summed E-state index contributed by atoms with van der Waals surface area (Å²) in [7, 11) is 3.31. The summed E-state index contributed by atoms with van der Waals surface area (Å²) < 4.78 is 13.9. The summed E-state index contributed by atoms with van der Waals surface area (Å²) in [6.45, 7) is 4.65. The molecule has 1 fully saturated rings. The highest BCUT2D eigenvalue weighted by molar-refractivity contribution is 7.71. The number of benzene rings is 1. The zero-order valence-corrected chi connectivity index (χ0v) is 13.8. The number of nitrogens with zero attached hydrogens (tertiary/aromatic N) is 1. The van der Waals surface area contributed by atoms with Gasteiger partial charge in [0.25, 0.3) is 0 Å². The number of ether oxygens (including phenoxy) is 2. The van der Waals surface area contributed by atoms with Gasteiger partial charge in [-0.05, 0) is 30.5 Å². The standard InChI is InChI=1S/C16H22N2O2S/c1-16(2)7-5-6-14(16)18-11-9-13(20-4)12(19-3)8-10(11)17-15(18)21/h8-9,14H,5-7H2,1-4H3,(H,17,21). The molecule has 0 aliphatic heterocycles. The molecule has 1 unspecified atom stereocenters. The molecule has 1 aliphatic rings. The minimum atomic E-state index is 0.264. The maximum absolute atomic E-state index is 5.58. The van der Waals surface area contributed by atoms with Crippen LogP contribution in [0.4, 0.5) is 0 Å². The predicted molar refractivity (Wildman–Crippen MR) is 86.9 cm³/mol. The van der Waals surface area contributed by atoms with Crippen molar-refractivity contribution >= 4 is 23.3 Å². The average molecular weight is 306 g/mol. The Balaban J connectivity index is 2.24. The lowest BCUT2D eigenvalue weighted by atomic mass is 9.87. The molecule has 3 rings (SSSR count). The van der Waals surface area contributed by atoms with Gasteiger partial charge in [-0.2, -0.15) is 0 Å². The van der Waals surface area contributed by atoms with Crippen molar-refractivity contribution in [1.82, 2.24) is 9.55 Å². The predicted octanol–water partition coefficient (Wildman–Crippen LogP) is 4.47. The van der Waals surface area contributed by atoms with Crippen LogP contribution in [0.25, 0.3) is 11.0 Å². The number of nitrogens with one attached hydrogen (secondary N) is 1. The summed E-state index contributed by atoms with van der Waals surface area (Å²) in [4.78, 5) is 3.31. The lowest BCUT2D eigenvalue weighted by Gasteiger charge is -2.28. The molecule has 0 amide bonds. The van der Waals surface area contributed by atoms with Crippen LogP contribution in [0, 0.1) is 10.2 Å². The first-order chi connectivity index (χ1) is 9.97. The Morgan fingerprint density at radius 1 is 1.24 bits per heavy atom. The lowest BCUT2D eigenvalue weighted by Crippen LogP contribution is -2.21. The second kappa shape index (κ2) is 5.05. The van der Waals surface area contributed by atoms with E-state index in [0.29, 0.717) is 6.04 Å². The molecule has 1 N–H and O–H groups in total. The molecular formula is C16H22N2O2S. The molecule has 0 spiro atoms. The molecule has 0 radical (unpaired) electrons. The third-order valence-corrected chi connectivity index (χ3v) is 5.03. The molecule has 1 aromatic heterocycles. The monoisotopic (exact) mass is 306 g/mol. The minimum Gasteiger partial charge on any atom is -0.493 e. The van der Waals surface area contributed by atoms with Crippen LogP contribution in [0.2, 0.25) is 0 Å². The Hall–Kier alpha value is -1.49. The molecule has 1 aliphatic carbocycles. The van der Waals surface area contributed by atoms with Crippen LogP contribution in [0.5, 0.6) is 11.5 Å². The van der Waals surface area contributed by atoms with E-state index in [1.807, 2.05) is 12.1 Å². The second-order valence-corrected chi connectivity index (χ2v) is 6.81. The summed E-state index contributed by atoms with van der Waals surface area (Å²) in [6.07, 6.45) is 3.65. The van der Waals surface area contributed by atoms with Gasteiger partial charge in [-0.15, -0.1) is 0 Å². The summed E-state index contributed by atoms with van der Waals surface area (Å²) in [5, 5.41) is 0. The second-order valence-electron chi connectivity index (χ2n) is 6.42. The van der Waals surface area contributed by atoms with Gasteiger partial charge in [0.05, 0.1) is 25.3 Å². The Bertz CT molecular complexity index is 730. The normalized spacial score (nSPS) is 20.9. The van der Waals surface area contributed by atoms with Crippen molar-refractivity contribution in [2.24, 2.45) is 5.41 Å². The molecule has 2 aromatic rings. The number of rotatable bonds is 3. The fourth-order valence-corrected chi connectivity index (χ4v) is 3.88. The van der Waals surface area contributed by atoms with Crippen LogP contribution in [0.3, 0.4) is 0 Å². The van der Waals surface area contributed by atoms with E-state index in [4.69, 9.17) is 21.7 Å². The highest BCUT2D eigenvalue weighted by Gasteiger charge is 2.37. The molecule has 1 atom stereocenters. The summed E-state index contributed by atoms with van der Waals surface area (Å²) in [5.74, 6) is 1.46. The highest BCUT2D eigenvalue weighted by atomic mass is 32.1. The molecule has 0 bridgehead atoms. The first-order valence-electron chi connectivity index (χ1n) is 7.34. The van der Waals surface area contributed by atoms with E-state index < -0.39 is 0 Å². The molecular weight excluding hydrogens is 284 g/mol. The summed E-state index contributed by atoms with van der Waals surface area (Å²) in [6, 6.07) is 4.41. The van der Waals surface area contributed by atoms with Crippen LogP contribution < -0.4 is 9.47 Å². The highest BCUT2D eigenvalue weighted by Crippen LogP contribution is 2.47. The SMILES string of the molecule is COc1cc2[nH]c(=S)n(C3CCCC3(C)C)c2cc1OC. The molecule has 1 saturated carbocycles. The van der Waals surface area contributed by atoms with E-state index in [2.05, 4.69) is 23.4 Å². The van der Waals surface area contributed by atoms with Gasteiger partial charge in [-0.25, -0.2) is 0 Å². The maximum Gasteiger partial charge on any atom is 0.178 e. The van der Waals surface area contributed by atoms with Gasteiger partial charge in [0.15, 0.2) is 16.3 Å². The van der Waals surface area contributed by atoms with Crippen molar-refractivity contribution in [2.75, 3.05) is 14.2 Å². The van der Waals surface area contributed by atoms with Crippen LogP contribution >= 0.6 is 12.2 Å². The third-order valence-electron chi connectivity index (χ3n) is 4.73. The van der Waals surface area contributed by atoms with Gasteiger partial charge in [-0.3, -0.25) is 0 Å². The van der Waals surface area contributed by atoms with Crippen LogP contribution in [-0.2, 0) is 0 Å². The fraction of sp³-hybridized carbons (Fsp3) is 0.562. The van der Waals surface area contributed by atoms with Crippen molar-refractivity contribution < 1.29 is 9.47 Å². The number of aromatic amines is 1. The van der Waals surface area contributed by atoms with Gasteiger partial charge in [0.1, 0.15) is 0 Å². The molecule has 5 heteroatoms. The number of hydrogen-bond donors (Lipinski definition) is 1. The Kier molecular flexibility index (Phi) is 3.48. The minimum absolute atomic E-state index is 0.264. The number of fused-ring (bicyclic) bond motifs is 1. The fourth-order valence-electron chi connectivity index (χ4n) is 3.55. The van der Waals surface area contributed by atoms with Crippen LogP contribution in [0.1, 0.15) is 39.2 Å².